The molecular weight excluding hydrogens is 355 g/mol. The van der Waals surface area contributed by atoms with Gasteiger partial charge in [0.05, 0.1) is 0 Å². The van der Waals surface area contributed by atoms with E-state index in [4.69, 9.17) is 4.74 Å². The molecule has 1 amide bonds. The third kappa shape index (κ3) is 6.33. The molecule has 0 aliphatic rings. The van der Waals surface area contributed by atoms with Crippen LogP contribution < -0.4 is 10.1 Å². The van der Waals surface area contributed by atoms with E-state index >= 15 is 0 Å². The van der Waals surface area contributed by atoms with Crippen LogP contribution in [0.15, 0.2) is 29.4 Å². The molecule has 8 heteroatoms. The minimum atomic E-state index is -0.391. The molecule has 0 spiro atoms. The fourth-order valence-electron chi connectivity index (χ4n) is 2.43. The Morgan fingerprint density at radius 3 is 2.88 bits per heavy atom. The van der Waals surface area contributed by atoms with Crippen molar-refractivity contribution >= 4 is 17.7 Å². The summed E-state index contributed by atoms with van der Waals surface area (Å²) in [5.74, 6) is 1.16. The topological polar surface area (TPSA) is 69.0 Å². The van der Waals surface area contributed by atoms with Gasteiger partial charge in [0, 0.05) is 25.6 Å². The van der Waals surface area contributed by atoms with Gasteiger partial charge in [-0.1, -0.05) is 31.7 Å². The number of nitrogens with one attached hydrogen (secondary N) is 1. The average Bonchev–Trinajstić information content (AvgIpc) is 2.98. The van der Waals surface area contributed by atoms with Crippen molar-refractivity contribution in [3.63, 3.8) is 0 Å². The lowest BCUT2D eigenvalue weighted by Gasteiger charge is -2.12. The maximum absolute atomic E-state index is 13.0. The van der Waals surface area contributed by atoms with Gasteiger partial charge >= 0.3 is 0 Å². The molecule has 0 unspecified atom stereocenters. The summed E-state index contributed by atoms with van der Waals surface area (Å²) >= 11 is 1.58. The Morgan fingerprint density at radius 1 is 1.38 bits per heavy atom. The molecule has 0 saturated heterocycles. The summed E-state index contributed by atoms with van der Waals surface area (Å²) in [4.78, 5) is 11.8. The Morgan fingerprint density at radius 2 is 2.19 bits per heavy atom. The molecule has 0 fully saturated rings. The van der Waals surface area contributed by atoms with Gasteiger partial charge in [0.2, 0.25) is 0 Å². The second-order valence-corrected chi connectivity index (χ2v) is 7.08. The minimum absolute atomic E-state index is 0.135. The first kappa shape index (κ1) is 20.2. The lowest BCUT2D eigenvalue weighted by Crippen LogP contribution is -2.30. The molecule has 0 aliphatic heterocycles. The summed E-state index contributed by atoms with van der Waals surface area (Å²) < 4.78 is 20.5. The van der Waals surface area contributed by atoms with Gasteiger partial charge in [0.25, 0.3) is 5.91 Å². The highest BCUT2D eigenvalue weighted by molar-refractivity contribution is 7.98. The fourth-order valence-corrected chi connectivity index (χ4v) is 2.96. The van der Waals surface area contributed by atoms with E-state index in [9.17, 15) is 9.18 Å². The van der Waals surface area contributed by atoms with Gasteiger partial charge < -0.3 is 14.6 Å². The maximum atomic E-state index is 13.0. The number of aryl methyl sites for hydroxylation is 1. The van der Waals surface area contributed by atoms with E-state index < -0.39 is 5.82 Å². The van der Waals surface area contributed by atoms with Gasteiger partial charge in [-0.05, 0) is 30.7 Å². The van der Waals surface area contributed by atoms with Crippen LogP contribution in [0.25, 0.3) is 0 Å². The minimum Gasteiger partial charge on any atom is -0.484 e. The van der Waals surface area contributed by atoms with Gasteiger partial charge in [-0.3, -0.25) is 4.79 Å². The van der Waals surface area contributed by atoms with Gasteiger partial charge in [0.15, 0.2) is 11.8 Å². The summed E-state index contributed by atoms with van der Waals surface area (Å²) in [6, 6.07) is 5.73. The van der Waals surface area contributed by atoms with Crippen LogP contribution in [0.3, 0.4) is 0 Å². The van der Waals surface area contributed by atoms with Crippen molar-refractivity contribution < 1.29 is 13.9 Å². The number of amides is 1. The van der Waals surface area contributed by atoms with Crippen LogP contribution in [0.5, 0.6) is 5.75 Å². The third-order valence-corrected chi connectivity index (χ3v) is 4.26. The number of carbonyl (C=O) groups excluding carboxylic acids is 1. The van der Waals surface area contributed by atoms with Crippen LogP contribution in [0.2, 0.25) is 0 Å². The normalized spacial score (nSPS) is 11.0. The molecule has 0 radical (unpaired) electrons. The van der Waals surface area contributed by atoms with Gasteiger partial charge in [-0.15, -0.1) is 10.2 Å². The summed E-state index contributed by atoms with van der Waals surface area (Å²) in [5, 5.41) is 12.2. The average molecular weight is 380 g/mol. The zero-order valence-electron chi connectivity index (χ0n) is 15.4. The van der Waals surface area contributed by atoms with Crippen molar-refractivity contribution in [3.05, 3.63) is 35.9 Å². The SMILES string of the molecule is CSc1nnc(CCCNC(=O)COc2cccc(F)c2)n1CC(C)C. The number of rotatable bonds is 10. The molecule has 0 aliphatic carbocycles. The number of hydrogen-bond acceptors (Lipinski definition) is 5. The summed E-state index contributed by atoms with van der Waals surface area (Å²) in [6.07, 6.45) is 3.49. The predicted molar refractivity (Wildman–Crippen MR) is 99.9 cm³/mol. The van der Waals surface area contributed by atoms with Crippen LogP contribution in [0.4, 0.5) is 4.39 Å². The second kappa shape index (κ2) is 10.2. The van der Waals surface area contributed by atoms with Crippen molar-refractivity contribution in [1.29, 1.82) is 0 Å². The first-order valence-corrected chi connectivity index (χ1v) is 9.83. The van der Waals surface area contributed by atoms with Gasteiger partial charge in [0.1, 0.15) is 17.4 Å². The lowest BCUT2D eigenvalue weighted by molar-refractivity contribution is -0.123. The van der Waals surface area contributed by atoms with Crippen molar-refractivity contribution in [2.75, 3.05) is 19.4 Å². The van der Waals surface area contributed by atoms with Gasteiger partial charge in [-0.25, -0.2) is 4.39 Å². The van der Waals surface area contributed by atoms with E-state index in [1.54, 1.807) is 23.9 Å². The molecule has 0 saturated carbocycles. The molecular formula is C18H25FN4O2S. The van der Waals surface area contributed by atoms with E-state index in [0.717, 1.165) is 30.4 Å². The number of nitrogens with zero attached hydrogens (tertiary/aromatic N) is 3. The molecule has 0 atom stereocenters. The molecule has 2 aromatic rings. The summed E-state index contributed by atoms with van der Waals surface area (Å²) in [7, 11) is 0. The highest BCUT2D eigenvalue weighted by atomic mass is 32.2. The number of halogens is 1. The van der Waals surface area contributed by atoms with Crippen LogP contribution in [-0.2, 0) is 17.8 Å². The zero-order chi connectivity index (χ0) is 18.9. The molecule has 1 N–H and O–H groups in total. The molecule has 26 heavy (non-hydrogen) atoms. The number of hydrogen-bond donors (Lipinski definition) is 1. The quantitative estimate of drug-likeness (QED) is 0.507. The van der Waals surface area contributed by atoms with E-state index in [1.807, 2.05) is 6.26 Å². The predicted octanol–water partition coefficient (Wildman–Crippen LogP) is 2.92. The maximum Gasteiger partial charge on any atom is 0.257 e. The van der Waals surface area contributed by atoms with Crippen molar-refractivity contribution in [3.8, 4) is 5.75 Å². The third-order valence-electron chi connectivity index (χ3n) is 3.59. The van der Waals surface area contributed by atoms with Crippen molar-refractivity contribution in [1.82, 2.24) is 20.1 Å². The largest absolute Gasteiger partial charge is 0.484 e. The van der Waals surface area contributed by atoms with Crippen molar-refractivity contribution in [2.24, 2.45) is 5.92 Å². The molecule has 6 nitrogen and oxygen atoms in total. The molecule has 0 bridgehead atoms. The Hall–Kier alpha value is -2.09. The number of thioether (sulfide) groups is 1. The van der Waals surface area contributed by atoms with Crippen molar-refractivity contribution in [2.45, 2.75) is 38.4 Å². The first-order valence-electron chi connectivity index (χ1n) is 8.60. The van der Waals surface area contributed by atoms with Crippen LogP contribution in [0, 0.1) is 11.7 Å². The Balaban J connectivity index is 1.73. The standard InChI is InChI=1S/C18H25FN4O2S/c1-13(2)11-23-16(21-22-18(23)26-3)8-5-9-20-17(24)12-25-15-7-4-6-14(19)10-15/h4,6-7,10,13H,5,8-9,11-12H2,1-3H3,(H,20,24). The van der Waals surface area contributed by atoms with Crippen LogP contribution in [-0.4, -0.2) is 40.1 Å². The van der Waals surface area contributed by atoms with E-state index in [1.165, 1.54) is 12.1 Å². The lowest BCUT2D eigenvalue weighted by atomic mass is 10.2. The smallest absolute Gasteiger partial charge is 0.257 e. The van der Waals surface area contributed by atoms with E-state index in [-0.39, 0.29) is 12.5 Å². The monoisotopic (exact) mass is 380 g/mol. The fraction of sp³-hybridized carbons (Fsp3) is 0.500. The zero-order valence-corrected chi connectivity index (χ0v) is 16.2. The molecule has 2 rings (SSSR count). The number of ether oxygens (including phenoxy) is 1. The highest BCUT2D eigenvalue weighted by Gasteiger charge is 2.12. The molecule has 1 heterocycles. The van der Waals surface area contributed by atoms with Crippen LogP contribution >= 0.6 is 11.8 Å². The summed E-state index contributed by atoms with van der Waals surface area (Å²) in [5.41, 5.74) is 0. The first-order chi connectivity index (χ1) is 12.5. The number of benzene rings is 1. The molecule has 1 aromatic carbocycles. The number of aromatic nitrogens is 3. The van der Waals surface area contributed by atoms with Crippen LogP contribution in [0.1, 0.15) is 26.1 Å². The van der Waals surface area contributed by atoms with E-state index in [2.05, 4.69) is 33.9 Å². The molecule has 1 aromatic heterocycles. The van der Waals surface area contributed by atoms with Gasteiger partial charge in [-0.2, -0.15) is 0 Å². The Kier molecular flexibility index (Phi) is 7.90. The Labute approximate surface area is 157 Å². The number of carbonyl (C=O) groups is 1. The highest BCUT2D eigenvalue weighted by Crippen LogP contribution is 2.16. The van der Waals surface area contributed by atoms with E-state index in [0.29, 0.717) is 18.2 Å². The summed E-state index contributed by atoms with van der Waals surface area (Å²) in [6.45, 7) is 5.59. The second-order valence-electron chi connectivity index (χ2n) is 6.31. The molecule has 142 valence electrons. The Bertz CT molecular complexity index is 721.